The molecule has 1 aliphatic heterocycles. The first-order chi connectivity index (χ1) is 17.4. The van der Waals surface area contributed by atoms with E-state index in [0.717, 1.165) is 24.3 Å². The van der Waals surface area contributed by atoms with Crippen LogP contribution in [0.3, 0.4) is 0 Å². The van der Waals surface area contributed by atoms with Crippen LogP contribution in [0, 0.1) is 5.92 Å². The van der Waals surface area contributed by atoms with Gasteiger partial charge < -0.3 is 14.6 Å². The lowest BCUT2D eigenvalue weighted by Crippen LogP contribution is -2.20. The largest absolute Gasteiger partial charge is 0.493 e. The van der Waals surface area contributed by atoms with Crippen molar-refractivity contribution < 1.29 is 24.2 Å². The maximum Gasteiger partial charge on any atom is 0.311 e. The average molecular weight is 525 g/mol. The van der Waals surface area contributed by atoms with Gasteiger partial charge in [-0.2, -0.15) is 0 Å². The van der Waals surface area contributed by atoms with Gasteiger partial charge in [-0.3, -0.25) is 9.59 Å². The number of Topliss-reactive ketones (excluding diaryl/α,β-unsaturated/α-hetero) is 1. The van der Waals surface area contributed by atoms with Crippen LogP contribution in [-0.4, -0.2) is 23.5 Å². The molecule has 3 atom stereocenters. The first kappa shape index (κ1) is 24.7. The molecule has 1 aliphatic carbocycles. The molecule has 0 amide bonds. The second-order valence-electron chi connectivity index (χ2n) is 9.53. The van der Waals surface area contributed by atoms with Gasteiger partial charge in [0.2, 0.25) is 0 Å². The van der Waals surface area contributed by atoms with Crippen LogP contribution in [0.5, 0.6) is 17.2 Å². The van der Waals surface area contributed by atoms with Gasteiger partial charge in [0, 0.05) is 28.6 Å². The highest BCUT2D eigenvalue weighted by Gasteiger charge is 2.30. The number of carbonyl (C=O) groups excluding carboxylic acids is 1. The first-order valence-electron chi connectivity index (χ1n) is 12.1. The van der Waals surface area contributed by atoms with E-state index in [0.29, 0.717) is 64.7 Å². The fraction of sp³-hybridized carbons (Fsp3) is 0.310. The topological polar surface area (TPSA) is 72.8 Å². The number of carbonyl (C=O) groups is 2. The molecule has 1 saturated carbocycles. The molecule has 0 saturated heterocycles. The molecule has 5 rings (SSSR count). The van der Waals surface area contributed by atoms with Crippen molar-refractivity contribution in [2.75, 3.05) is 6.61 Å². The Morgan fingerprint density at radius 1 is 0.972 bits per heavy atom. The van der Waals surface area contributed by atoms with Gasteiger partial charge in [0.25, 0.3) is 0 Å². The standard InChI is InChI=1S/C29H26Cl2O5/c30-21-7-3-18(4-8-21)20-2-1-17(13-20)14-26(32)19-5-9-22(10-6-19)36-28-16-27-24(15-25(28)31)23(29(33)34)11-12-35-27/h3-10,15-17,20,23H,1-2,11-14H2,(H,33,34). The van der Waals surface area contributed by atoms with E-state index in [2.05, 4.69) is 12.1 Å². The lowest BCUT2D eigenvalue weighted by atomic mass is 9.93. The number of carboxylic acids is 1. The van der Waals surface area contributed by atoms with Crippen molar-refractivity contribution in [1.29, 1.82) is 0 Å². The van der Waals surface area contributed by atoms with E-state index >= 15 is 0 Å². The zero-order valence-electron chi connectivity index (χ0n) is 19.6. The monoisotopic (exact) mass is 524 g/mol. The molecule has 0 bridgehead atoms. The van der Waals surface area contributed by atoms with E-state index in [1.807, 2.05) is 12.1 Å². The number of benzene rings is 3. The molecule has 0 aromatic heterocycles. The van der Waals surface area contributed by atoms with E-state index in [4.69, 9.17) is 32.7 Å². The summed E-state index contributed by atoms with van der Waals surface area (Å²) in [6.07, 6.45) is 4.07. The predicted molar refractivity (Wildman–Crippen MR) is 139 cm³/mol. The number of hydrogen-bond acceptors (Lipinski definition) is 4. The summed E-state index contributed by atoms with van der Waals surface area (Å²) in [7, 11) is 0. The number of hydrogen-bond donors (Lipinski definition) is 1. The molecular weight excluding hydrogens is 499 g/mol. The molecular formula is C29H26Cl2O5. The number of carboxylic acid groups (broad SMARTS) is 1. The zero-order chi connectivity index (χ0) is 25.2. The van der Waals surface area contributed by atoms with Crippen LogP contribution < -0.4 is 9.47 Å². The van der Waals surface area contributed by atoms with Gasteiger partial charge in [0.1, 0.15) is 17.2 Å². The molecule has 1 N–H and O–H groups in total. The van der Waals surface area contributed by atoms with Crippen molar-refractivity contribution in [3.63, 3.8) is 0 Å². The molecule has 1 heterocycles. The fourth-order valence-corrected chi connectivity index (χ4v) is 5.57. The van der Waals surface area contributed by atoms with Gasteiger partial charge in [-0.05, 0) is 85.5 Å². The van der Waals surface area contributed by atoms with Crippen molar-refractivity contribution in [1.82, 2.24) is 0 Å². The predicted octanol–water partition coefficient (Wildman–Crippen LogP) is 7.89. The van der Waals surface area contributed by atoms with Crippen LogP contribution in [0.15, 0.2) is 60.7 Å². The van der Waals surface area contributed by atoms with Crippen molar-refractivity contribution in [2.45, 2.75) is 43.9 Å². The third-order valence-electron chi connectivity index (χ3n) is 7.16. The lowest BCUT2D eigenvalue weighted by Gasteiger charge is -2.24. The van der Waals surface area contributed by atoms with E-state index in [1.165, 1.54) is 5.56 Å². The number of halogens is 2. The molecule has 0 radical (unpaired) electrons. The SMILES string of the molecule is O=C(CC1CCC(c2ccc(Cl)cc2)C1)c1ccc(Oc2cc3c(cc2Cl)C(C(=O)O)CCO3)cc1. The molecule has 3 aromatic carbocycles. The molecule has 5 nitrogen and oxygen atoms in total. The number of ketones is 1. The Labute approximate surface area is 219 Å². The van der Waals surface area contributed by atoms with E-state index in [1.54, 1.807) is 36.4 Å². The van der Waals surface area contributed by atoms with Gasteiger partial charge in [-0.15, -0.1) is 0 Å². The third-order valence-corrected chi connectivity index (χ3v) is 7.71. The van der Waals surface area contributed by atoms with E-state index in [-0.39, 0.29) is 5.78 Å². The Morgan fingerprint density at radius 3 is 2.44 bits per heavy atom. The minimum atomic E-state index is -0.900. The van der Waals surface area contributed by atoms with Crippen molar-refractivity contribution in [3.8, 4) is 17.2 Å². The number of aliphatic carboxylic acids is 1. The van der Waals surface area contributed by atoms with Gasteiger partial charge in [0.15, 0.2) is 5.78 Å². The van der Waals surface area contributed by atoms with E-state index in [9.17, 15) is 14.7 Å². The lowest BCUT2D eigenvalue weighted by molar-refractivity contribution is -0.139. The van der Waals surface area contributed by atoms with Crippen molar-refractivity contribution in [3.05, 3.63) is 87.4 Å². The Kier molecular flexibility index (Phi) is 7.22. The highest BCUT2D eigenvalue weighted by atomic mass is 35.5. The van der Waals surface area contributed by atoms with Crippen LogP contribution in [-0.2, 0) is 4.79 Å². The van der Waals surface area contributed by atoms with Gasteiger partial charge >= 0.3 is 5.97 Å². The maximum absolute atomic E-state index is 12.9. The Balaban J connectivity index is 1.21. The van der Waals surface area contributed by atoms with Crippen molar-refractivity contribution >= 4 is 35.0 Å². The summed E-state index contributed by atoms with van der Waals surface area (Å²) < 4.78 is 11.6. The van der Waals surface area contributed by atoms with Crippen LogP contribution in [0.1, 0.15) is 65.4 Å². The second-order valence-corrected chi connectivity index (χ2v) is 10.4. The highest BCUT2D eigenvalue weighted by Crippen LogP contribution is 2.42. The van der Waals surface area contributed by atoms with Crippen LogP contribution >= 0.6 is 23.2 Å². The molecule has 1 fully saturated rings. The molecule has 3 unspecified atom stereocenters. The van der Waals surface area contributed by atoms with Crippen LogP contribution in [0.4, 0.5) is 0 Å². The van der Waals surface area contributed by atoms with E-state index < -0.39 is 11.9 Å². The summed E-state index contributed by atoms with van der Waals surface area (Å²) >= 11 is 12.4. The molecule has 3 aromatic rings. The van der Waals surface area contributed by atoms with Gasteiger partial charge in [0.05, 0.1) is 17.5 Å². The number of rotatable bonds is 7. The molecule has 36 heavy (non-hydrogen) atoms. The number of ether oxygens (including phenoxy) is 2. The van der Waals surface area contributed by atoms with Gasteiger partial charge in [-0.25, -0.2) is 0 Å². The van der Waals surface area contributed by atoms with Crippen LogP contribution in [0.25, 0.3) is 0 Å². The maximum atomic E-state index is 12.9. The summed E-state index contributed by atoms with van der Waals surface area (Å²) in [5.74, 6) is 0.804. The fourth-order valence-electron chi connectivity index (χ4n) is 5.24. The normalized spacial score (nSPS) is 20.9. The Bertz CT molecular complexity index is 1270. The zero-order valence-corrected chi connectivity index (χ0v) is 21.1. The summed E-state index contributed by atoms with van der Waals surface area (Å²) in [4.78, 5) is 24.4. The summed E-state index contributed by atoms with van der Waals surface area (Å²) in [6, 6.07) is 18.3. The molecule has 0 spiro atoms. The highest BCUT2D eigenvalue weighted by molar-refractivity contribution is 6.32. The molecule has 2 aliphatic rings. The first-order valence-corrected chi connectivity index (χ1v) is 12.9. The smallest absolute Gasteiger partial charge is 0.311 e. The second kappa shape index (κ2) is 10.5. The summed E-state index contributed by atoms with van der Waals surface area (Å²) in [5.41, 5.74) is 2.50. The average Bonchev–Trinajstić information content (AvgIpc) is 3.33. The molecule has 7 heteroatoms. The molecule has 186 valence electrons. The summed E-state index contributed by atoms with van der Waals surface area (Å²) in [6.45, 7) is 0.323. The minimum absolute atomic E-state index is 0.128. The number of fused-ring (bicyclic) bond motifs is 1. The van der Waals surface area contributed by atoms with Crippen LogP contribution in [0.2, 0.25) is 10.0 Å². The summed E-state index contributed by atoms with van der Waals surface area (Å²) in [5, 5.41) is 10.5. The minimum Gasteiger partial charge on any atom is -0.493 e. The van der Waals surface area contributed by atoms with Crippen molar-refractivity contribution in [2.24, 2.45) is 5.92 Å². The Hall–Kier alpha value is -3.02. The quantitative estimate of drug-likeness (QED) is 0.318. The third kappa shape index (κ3) is 5.37. The van der Waals surface area contributed by atoms with Gasteiger partial charge in [-0.1, -0.05) is 35.3 Å². The Morgan fingerprint density at radius 2 is 1.72 bits per heavy atom.